The molecule has 4 heteroatoms. The van der Waals surface area contributed by atoms with Crippen LogP contribution >= 0.6 is 0 Å². The minimum atomic E-state index is 0.507. The van der Waals surface area contributed by atoms with Crippen molar-refractivity contribution in [1.29, 1.82) is 5.26 Å². The van der Waals surface area contributed by atoms with Gasteiger partial charge in [-0.15, -0.1) is 0 Å². The molecular formula is C16H18N4. The van der Waals surface area contributed by atoms with Crippen molar-refractivity contribution in [2.75, 3.05) is 26.2 Å². The normalized spacial score (nSPS) is 16.8. The number of hydrogen-bond acceptors (Lipinski definition) is 4. The molecule has 0 radical (unpaired) electrons. The molecule has 1 saturated heterocycles. The zero-order chi connectivity index (χ0) is 13.8. The van der Waals surface area contributed by atoms with Crippen molar-refractivity contribution in [3.05, 3.63) is 41.7 Å². The van der Waals surface area contributed by atoms with Crippen molar-refractivity contribution in [3.63, 3.8) is 0 Å². The van der Waals surface area contributed by atoms with Crippen molar-refractivity contribution in [2.24, 2.45) is 0 Å². The molecule has 102 valence electrons. The molecule has 3 rings (SSSR count). The molecule has 0 atom stereocenters. The number of nitriles is 1. The molecule has 4 nitrogen and oxygen atoms in total. The fourth-order valence-electron chi connectivity index (χ4n) is 2.73. The lowest BCUT2D eigenvalue weighted by Crippen LogP contribution is -2.27. The average Bonchev–Trinajstić information content (AvgIpc) is 2.75. The van der Waals surface area contributed by atoms with E-state index in [9.17, 15) is 0 Å². The molecule has 2 aromatic rings. The van der Waals surface area contributed by atoms with E-state index in [1.165, 1.54) is 12.0 Å². The van der Waals surface area contributed by atoms with Crippen molar-refractivity contribution in [3.8, 4) is 6.07 Å². The Balaban J connectivity index is 1.84. The number of benzene rings is 1. The maximum Gasteiger partial charge on any atom is 0.148 e. The first kappa shape index (κ1) is 13.0. The maximum absolute atomic E-state index is 9.07. The Morgan fingerprint density at radius 2 is 2.20 bits per heavy atom. The summed E-state index contributed by atoms with van der Waals surface area (Å²) in [7, 11) is 0. The summed E-state index contributed by atoms with van der Waals surface area (Å²) in [5.41, 5.74) is 1.81. The summed E-state index contributed by atoms with van der Waals surface area (Å²) in [6, 6.07) is 10.4. The Morgan fingerprint density at radius 3 is 3.10 bits per heavy atom. The first-order chi connectivity index (χ1) is 9.86. The van der Waals surface area contributed by atoms with E-state index in [0.717, 1.165) is 43.5 Å². The van der Waals surface area contributed by atoms with Gasteiger partial charge in [-0.2, -0.15) is 5.26 Å². The van der Waals surface area contributed by atoms with Gasteiger partial charge in [0.2, 0.25) is 0 Å². The summed E-state index contributed by atoms with van der Waals surface area (Å²) < 4.78 is 0. The standard InChI is InChI=1S/C16H18N4/c17-11-16-15-3-2-13(10-14(15)4-6-19-16)12-20-8-1-5-18-7-9-20/h2-4,6,10,18H,1,5,7-9,12H2. The van der Waals surface area contributed by atoms with Gasteiger partial charge >= 0.3 is 0 Å². The lowest BCUT2D eigenvalue weighted by atomic mass is 10.1. The molecule has 1 N–H and O–H groups in total. The quantitative estimate of drug-likeness (QED) is 0.902. The van der Waals surface area contributed by atoms with Crippen LogP contribution in [0.15, 0.2) is 30.5 Å². The molecule has 0 saturated carbocycles. The van der Waals surface area contributed by atoms with E-state index in [4.69, 9.17) is 5.26 Å². The molecule has 1 aliphatic rings. The minimum absolute atomic E-state index is 0.507. The molecule has 0 bridgehead atoms. The summed E-state index contributed by atoms with van der Waals surface area (Å²) >= 11 is 0. The zero-order valence-corrected chi connectivity index (χ0v) is 11.5. The van der Waals surface area contributed by atoms with Crippen LogP contribution < -0.4 is 5.32 Å². The Kier molecular flexibility index (Phi) is 3.91. The van der Waals surface area contributed by atoms with Crippen LogP contribution in [-0.4, -0.2) is 36.1 Å². The molecule has 1 fully saturated rings. The summed E-state index contributed by atoms with van der Waals surface area (Å²) in [6.45, 7) is 5.39. The van der Waals surface area contributed by atoms with Crippen LogP contribution in [0.2, 0.25) is 0 Å². The number of nitrogens with zero attached hydrogens (tertiary/aromatic N) is 3. The number of aromatic nitrogens is 1. The fourth-order valence-corrected chi connectivity index (χ4v) is 2.73. The molecule has 2 heterocycles. The van der Waals surface area contributed by atoms with Gasteiger partial charge in [0.25, 0.3) is 0 Å². The molecule has 1 aromatic heterocycles. The molecule has 1 aliphatic heterocycles. The van der Waals surface area contributed by atoms with Gasteiger partial charge in [0, 0.05) is 31.2 Å². The number of pyridine rings is 1. The Hall–Kier alpha value is -1.96. The fraction of sp³-hybridized carbons (Fsp3) is 0.375. The predicted molar refractivity (Wildman–Crippen MR) is 79.2 cm³/mol. The second kappa shape index (κ2) is 6.00. The summed E-state index contributed by atoms with van der Waals surface area (Å²) in [5.74, 6) is 0. The van der Waals surface area contributed by atoms with Gasteiger partial charge in [0.15, 0.2) is 0 Å². The molecule has 1 aromatic carbocycles. The Morgan fingerprint density at radius 1 is 1.25 bits per heavy atom. The van der Waals surface area contributed by atoms with Crippen LogP contribution in [0.4, 0.5) is 0 Å². The summed E-state index contributed by atoms with van der Waals surface area (Å²) in [4.78, 5) is 6.58. The molecular weight excluding hydrogens is 248 g/mol. The van der Waals surface area contributed by atoms with Gasteiger partial charge in [-0.05, 0) is 42.6 Å². The summed E-state index contributed by atoms with van der Waals surface area (Å²) in [6.07, 6.45) is 2.91. The third kappa shape index (κ3) is 2.79. The number of rotatable bonds is 2. The highest BCUT2D eigenvalue weighted by molar-refractivity contribution is 5.86. The van der Waals surface area contributed by atoms with Gasteiger partial charge in [0.1, 0.15) is 11.8 Å². The first-order valence-corrected chi connectivity index (χ1v) is 7.07. The van der Waals surface area contributed by atoms with E-state index in [1.54, 1.807) is 6.20 Å². The van der Waals surface area contributed by atoms with E-state index in [-0.39, 0.29) is 0 Å². The van der Waals surface area contributed by atoms with Gasteiger partial charge < -0.3 is 5.32 Å². The lowest BCUT2D eigenvalue weighted by molar-refractivity contribution is 0.284. The third-order valence-electron chi connectivity index (χ3n) is 3.77. The second-order valence-electron chi connectivity index (χ2n) is 5.21. The summed E-state index contributed by atoms with van der Waals surface area (Å²) in [5, 5.41) is 14.5. The van der Waals surface area contributed by atoms with Crippen molar-refractivity contribution < 1.29 is 0 Å². The topological polar surface area (TPSA) is 52.0 Å². The minimum Gasteiger partial charge on any atom is -0.315 e. The largest absolute Gasteiger partial charge is 0.315 e. The van der Waals surface area contributed by atoms with Gasteiger partial charge in [-0.3, -0.25) is 4.90 Å². The highest BCUT2D eigenvalue weighted by atomic mass is 15.1. The molecule has 0 unspecified atom stereocenters. The van der Waals surface area contributed by atoms with Gasteiger partial charge in [0.05, 0.1) is 0 Å². The molecule has 0 amide bonds. The molecule has 20 heavy (non-hydrogen) atoms. The Bertz CT molecular complexity index is 636. The first-order valence-electron chi connectivity index (χ1n) is 7.07. The number of hydrogen-bond donors (Lipinski definition) is 1. The van der Waals surface area contributed by atoms with Gasteiger partial charge in [-0.1, -0.05) is 12.1 Å². The van der Waals surface area contributed by atoms with E-state index >= 15 is 0 Å². The monoisotopic (exact) mass is 266 g/mol. The highest BCUT2D eigenvalue weighted by Crippen LogP contribution is 2.19. The van der Waals surface area contributed by atoms with Crippen LogP contribution in [0.5, 0.6) is 0 Å². The van der Waals surface area contributed by atoms with E-state index in [2.05, 4.69) is 33.4 Å². The van der Waals surface area contributed by atoms with Crippen molar-refractivity contribution in [2.45, 2.75) is 13.0 Å². The number of nitrogens with one attached hydrogen (secondary N) is 1. The Labute approximate surface area is 119 Å². The lowest BCUT2D eigenvalue weighted by Gasteiger charge is -2.19. The zero-order valence-electron chi connectivity index (χ0n) is 11.5. The van der Waals surface area contributed by atoms with Crippen LogP contribution in [0, 0.1) is 11.3 Å². The van der Waals surface area contributed by atoms with E-state index in [1.807, 2.05) is 12.1 Å². The smallest absolute Gasteiger partial charge is 0.148 e. The van der Waals surface area contributed by atoms with Crippen LogP contribution in [0.25, 0.3) is 10.8 Å². The van der Waals surface area contributed by atoms with E-state index in [0.29, 0.717) is 5.69 Å². The molecule has 0 spiro atoms. The van der Waals surface area contributed by atoms with E-state index < -0.39 is 0 Å². The second-order valence-corrected chi connectivity index (χ2v) is 5.21. The SMILES string of the molecule is N#Cc1nccc2cc(CN3CCCNCC3)ccc12. The van der Waals surface area contributed by atoms with Crippen LogP contribution in [-0.2, 0) is 6.54 Å². The molecule has 0 aliphatic carbocycles. The van der Waals surface area contributed by atoms with Gasteiger partial charge in [-0.25, -0.2) is 4.98 Å². The van der Waals surface area contributed by atoms with Crippen LogP contribution in [0.3, 0.4) is 0 Å². The average molecular weight is 266 g/mol. The predicted octanol–water partition coefficient (Wildman–Crippen LogP) is 1.90. The van der Waals surface area contributed by atoms with Crippen LogP contribution in [0.1, 0.15) is 17.7 Å². The number of fused-ring (bicyclic) bond motifs is 1. The third-order valence-corrected chi connectivity index (χ3v) is 3.77. The highest BCUT2D eigenvalue weighted by Gasteiger charge is 2.10. The maximum atomic E-state index is 9.07. The van der Waals surface area contributed by atoms with Crippen molar-refractivity contribution in [1.82, 2.24) is 15.2 Å². The van der Waals surface area contributed by atoms with Crippen molar-refractivity contribution >= 4 is 10.8 Å².